The molecule has 1 atom stereocenters. The van der Waals surface area contributed by atoms with E-state index in [9.17, 15) is 9.59 Å². The van der Waals surface area contributed by atoms with Crippen LogP contribution in [0.15, 0.2) is 48.5 Å². The molecule has 2 aromatic carbocycles. The molecular formula is C20H23ClN3O2+. The van der Waals surface area contributed by atoms with Gasteiger partial charge >= 0.3 is 0 Å². The van der Waals surface area contributed by atoms with Gasteiger partial charge in [-0.2, -0.15) is 0 Å². The number of rotatable bonds is 6. The third-order valence-corrected chi connectivity index (χ3v) is 4.80. The molecule has 1 aliphatic heterocycles. The number of nitrogens with one attached hydrogen (secondary N) is 1. The largest absolute Gasteiger partial charge is 0.333 e. The first-order chi connectivity index (χ1) is 12.5. The Morgan fingerprint density at radius 1 is 1.27 bits per heavy atom. The molecule has 6 heteroatoms. The van der Waals surface area contributed by atoms with E-state index >= 15 is 0 Å². The van der Waals surface area contributed by atoms with E-state index in [0.29, 0.717) is 18.0 Å². The number of carbonyl (C=O) groups excluding carboxylic acids is 2. The van der Waals surface area contributed by atoms with E-state index in [2.05, 4.69) is 5.32 Å². The zero-order valence-electron chi connectivity index (χ0n) is 14.7. The maximum atomic E-state index is 12.2. The molecule has 0 aliphatic carbocycles. The highest BCUT2D eigenvalue weighted by molar-refractivity contribution is 6.30. The predicted molar refractivity (Wildman–Crippen MR) is 103 cm³/mol. The summed E-state index contributed by atoms with van der Waals surface area (Å²) in [7, 11) is 0. The van der Waals surface area contributed by atoms with Crippen molar-refractivity contribution in [3.63, 3.8) is 0 Å². The second-order valence-electron chi connectivity index (χ2n) is 6.53. The summed E-state index contributed by atoms with van der Waals surface area (Å²) >= 11 is 6.01. The Hall–Kier alpha value is -2.37. The molecule has 1 heterocycles. The molecule has 0 spiro atoms. The molecule has 2 amide bonds. The summed E-state index contributed by atoms with van der Waals surface area (Å²) < 4.78 is 0. The summed E-state index contributed by atoms with van der Waals surface area (Å²) in [6.45, 7) is 3.13. The molecule has 1 saturated heterocycles. The van der Waals surface area contributed by atoms with E-state index in [1.54, 1.807) is 4.90 Å². The smallest absolute Gasteiger partial charge is 0.279 e. The fraction of sp³-hybridized carbons (Fsp3) is 0.300. The van der Waals surface area contributed by atoms with Gasteiger partial charge in [-0.25, -0.2) is 0 Å². The zero-order valence-corrected chi connectivity index (χ0v) is 15.5. The fourth-order valence-corrected chi connectivity index (χ4v) is 3.27. The Balaban J connectivity index is 1.51. The molecule has 5 nitrogen and oxygen atoms in total. The number of halogens is 1. The van der Waals surface area contributed by atoms with Crippen molar-refractivity contribution in [2.24, 2.45) is 0 Å². The molecule has 136 valence electrons. The number of nitrogens with two attached hydrogens (primary N) is 1. The van der Waals surface area contributed by atoms with Crippen molar-refractivity contribution in [2.45, 2.75) is 25.8 Å². The Morgan fingerprint density at radius 3 is 2.69 bits per heavy atom. The standard InChI is InChI=1S/C20H22ClN3O2/c1-14(15-4-2-5-16(21)12-15)22-13-19(25)23-17-7-9-18(10-8-17)24-11-3-6-20(24)26/h2,4-5,7-10,12,14,22H,3,6,11,13H2,1H3,(H,23,25)/p+1/t14-/m1/s1. The molecule has 2 aromatic rings. The van der Waals surface area contributed by atoms with Crippen LogP contribution in [0.1, 0.15) is 31.4 Å². The topological polar surface area (TPSA) is 66.0 Å². The number of quaternary nitrogens is 1. The first-order valence-electron chi connectivity index (χ1n) is 8.82. The van der Waals surface area contributed by atoms with Gasteiger partial charge < -0.3 is 15.5 Å². The summed E-state index contributed by atoms with van der Waals surface area (Å²) in [5, 5.41) is 5.56. The van der Waals surface area contributed by atoms with Gasteiger partial charge in [-0.15, -0.1) is 0 Å². The van der Waals surface area contributed by atoms with Crippen LogP contribution in [-0.4, -0.2) is 24.9 Å². The minimum Gasteiger partial charge on any atom is -0.333 e. The lowest BCUT2D eigenvalue weighted by atomic mass is 10.1. The van der Waals surface area contributed by atoms with Crippen LogP contribution in [0, 0.1) is 0 Å². The fourth-order valence-electron chi connectivity index (χ4n) is 3.07. The average Bonchev–Trinajstić information content (AvgIpc) is 3.06. The van der Waals surface area contributed by atoms with Crippen molar-refractivity contribution in [1.82, 2.24) is 0 Å². The highest BCUT2D eigenvalue weighted by atomic mass is 35.5. The Morgan fingerprint density at radius 2 is 2.04 bits per heavy atom. The Labute approximate surface area is 158 Å². The van der Waals surface area contributed by atoms with E-state index in [1.807, 2.05) is 60.8 Å². The summed E-state index contributed by atoms with van der Waals surface area (Å²) in [5.41, 5.74) is 2.70. The van der Waals surface area contributed by atoms with Crippen LogP contribution in [0.4, 0.5) is 11.4 Å². The van der Waals surface area contributed by atoms with Crippen LogP contribution in [0.5, 0.6) is 0 Å². The molecule has 0 bridgehead atoms. The number of hydrogen-bond donors (Lipinski definition) is 2. The van der Waals surface area contributed by atoms with Crippen LogP contribution >= 0.6 is 11.6 Å². The van der Waals surface area contributed by atoms with Crippen molar-refractivity contribution in [3.05, 3.63) is 59.1 Å². The summed E-state index contributed by atoms with van der Waals surface area (Å²) in [6.07, 6.45) is 1.51. The lowest BCUT2D eigenvalue weighted by Crippen LogP contribution is -2.86. The van der Waals surface area contributed by atoms with Crippen LogP contribution in [0.25, 0.3) is 0 Å². The van der Waals surface area contributed by atoms with E-state index in [0.717, 1.165) is 29.9 Å². The number of carbonyl (C=O) groups is 2. The third kappa shape index (κ3) is 4.62. The first-order valence-corrected chi connectivity index (χ1v) is 9.20. The van der Waals surface area contributed by atoms with Gasteiger partial charge in [0.2, 0.25) is 5.91 Å². The van der Waals surface area contributed by atoms with Crippen LogP contribution in [0.3, 0.4) is 0 Å². The van der Waals surface area contributed by atoms with Crippen LogP contribution in [0.2, 0.25) is 5.02 Å². The second kappa shape index (κ2) is 8.34. The predicted octanol–water partition coefficient (Wildman–Crippen LogP) is 2.73. The number of anilines is 2. The van der Waals surface area contributed by atoms with E-state index in [4.69, 9.17) is 11.6 Å². The van der Waals surface area contributed by atoms with Crippen molar-refractivity contribution >= 4 is 34.8 Å². The van der Waals surface area contributed by atoms with Gasteiger partial charge in [-0.05, 0) is 49.7 Å². The van der Waals surface area contributed by atoms with Crippen molar-refractivity contribution in [2.75, 3.05) is 23.3 Å². The molecule has 1 aliphatic rings. The van der Waals surface area contributed by atoms with Crippen LogP contribution < -0.4 is 15.5 Å². The molecule has 0 aromatic heterocycles. The molecule has 1 fully saturated rings. The monoisotopic (exact) mass is 372 g/mol. The highest BCUT2D eigenvalue weighted by Crippen LogP contribution is 2.23. The quantitative estimate of drug-likeness (QED) is 0.818. The van der Waals surface area contributed by atoms with Gasteiger partial charge in [-0.3, -0.25) is 9.59 Å². The molecular weight excluding hydrogens is 350 g/mol. The minimum absolute atomic E-state index is 0.0659. The summed E-state index contributed by atoms with van der Waals surface area (Å²) in [6, 6.07) is 15.2. The lowest BCUT2D eigenvalue weighted by molar-refractivity contribution is -0.682. The van der Waals surface area contributed by atoms with Gasteiger partial charge in [-0.1, -0.05) is 23.7 Å². The Kier molecular flexibility index (Phi) is 5.91. The highest BCUT2D eigenvalue weighted by Gasteiger charge is 2.21. The molecule has 3 rings (SSSR count). The lowest BCUT2D eigenvalue weighted by Gasteiger charge is -2.16. The Bertz CT molecular complexity index is 792. The number of nitrogens with zero attached hydrogens (tertiary/aromatic N) is 1. The first kappa shape index (κ1) is 18.4. The molecule has 0 unspecified atom stereocenters. The number of hydrogen-bond acceptors (Lipinski definition) is 2. The maximum Gasteiger partial charge on any atom is 0.279 e. The third-order valence-electron chi connectivity index (χ3n) is 4.57. The van der Waals surface area contributed by atoms with E-state index in [1.165, 1.54) is 0 Å². The molecule has 0 radical (unpaired) electrons. The minimum atomic E-state index is -0.0659. The van der Waals surface area contributed by atoms with Gasteiger partial charge in [0.25, 0.3) is 5.91 Å². The van der Waals surface area contributed by atoms with Crippen molar-refractivity contribution in [3.8, 4) is 0 Å². The van der Waals surface area contributed by atoms with Crippen molar-refractivity contribution in [1.29, 1.82) is 0 Å². The zero-order chi connectivity index (χ0) is 18.5. The van der Waals surface area contributed by atoms with Gasteiger partial charge in [0.15, 0.2) is 6.54 Å². The molecule has 0 saturated carbocycles. The van der Waals surface area contributed by atoms with E-state index in [-0.39, 0.29) is 17.9 Å². The second-order valence-corrected chi connectivity index (χ2v) is 6.96. The number of amides is 2. The van der Waals surface area contributed by atoms with Crippen LogP contribution in [-0.2, 0) is 9.59 Å². The molecule has 3 N–H and O–H groups in total. The maximum absolute atomic E-state index is 12.2. The van der Waals surface area contributed by atoms with Gasteiger partial charge in [0.1, 0.15) is 6.04 Å². The van der Waals surface area contributed by atoms with Crippen molar-refractivity contribution < 1.29 is 14.9 Å². The normalized spacial score (nSPS) is 15.2. The van der Waals surface area contributed by atoms with Gasteiger partial charge in [0.05, 0.1) is 0 Å². The average molecular weight is 373 g/mol. The number of benzene rings is 2. The van der Waals surface area contributed by atoms with E-state index < -0.39 is 0 Å². The SMILES string of the molecule is C[C@@H]([NH2+]CC(=O)Nc1ccc(N2CCCC2=O)cc1)c1cccc(Cl)c1. The van der Waals surface area contributed by atoms with Gasteiger partial charge in [0, 0.05) is 34.9 Å². The molecule has 26 heavy (non-hydrogen) atoms. The summed E-state index contributed by atoms with van der Waals surface area (Å²) in [5.74, 6) is 0.0928. The summed E-state index contributed by atoms with van der Waals surface area (Å²) in [4.78, 5) is 25.7.